The quantitative estimate of drug-likeness (QED) is 0.382. The van der Waals surface area contributed by atoms with Crippen molar-refractivity contribution in [3.05, 3.63) is 96.1 Å². The molecule has 0 radical (unpaired) electrons. The van der Waals surface area contributed by atoms with E-state index in [0.717, 1.165) is 11.1 Å². The summed E-state index contributed by atoms with van der Waals surface area (Å²) in [6.07, 6.45) is 1.00. The lowest BCUT2D eigenvalue weighted by Gasteiger charge is -2.16. The molecule has 7 nitrogen and oxygen atoms in total. The van der Waals surface area contributed by atoms with Crippen molar-refractivity contribution in [1.82, 2.24) is 5.32 Å². The van der Waals surface area contributed by atoms with Crippen LogP contribution in [0.4, 0.5) is 5.69 Å². The van der Waals surface area contributed by atoms with Crippen LogP contribution in [0.5, 0.6) is 5.75 Å². The van der Waals surface area contributed by atoms with Crippen LogP contribution >= 0.6 is 0 Å². The summed E-state index contributed by atoms with van der Waals surface area (Å²) in [5, 5.41) is 5.53. The topological polar surface area (TPSA) is 93.7 Å². The normalized spacial score (nSPS) is 11.2. The number of amides is 2. The predicted molar refractivity (Wildman–Crippen MR) is 134 cm³/mol. The molecular formula is C28H30N2O5. The third-order valence-electron chi connectivity index (χ3n) is 5.30. The minimum Gasteiger partial charge on any atom is -0.489 e. The van der Waals surface area contributed by atoms with E-state index in [0.29, 0.717) is 30.9 Å². The van der Waals surface area contributed by atoms with Gasteiger partial charge in [-0.25, -0.2) is 4.79 Å². The highest BCUT2D eigenvalue weighted by Crippen LogP contribution is 2.17. The number of esters is 1. The van der Waals surface area contributed by atoms with Crippen molar-refractivity contribution >= 4 is 23.5 Å². The zero-order valence-corrected chi connectivity index (χ0v) is 19.7. The maximum atomic E-state index is 12.3. The second-order valence-electron chi connectivity index (χ2n) is 8.03. The Balaban J connectivity index is 1.38. The molecule has 7 heteroatoms. The van der Waals surface area contributed by atoms with Crippen molar-refractivity contribution < 1.29 is 23.9 Å². The highest BCUT2D eigenvalue weighted by Gasteiger charge is 2.21. The smallest absolute Gasteiger partial charge is 0.328 e. The fraction of sp³-hybridized carbons (Fsp3) is 0.250. The number of anilines is 1. The molecule has 182 valence electrons. The van der Waals surface area contributed by atoms with Gasteiger partial charge in [0, 0.05) is 24.9 Å². The first-order valence-electron chi connectivity index (χ1n) is 11.5. The summed E-state index contributed by atoms with van der Waals surface area (Å²) < 4.78 is 10.6. The first-order valence-corrected chi connectivity index (χ1v) is 11.5. The summed E-state index contributed by atoms with van der Waals surface area (Å²) in [5.74, 6) is -0.288. The van der Waals surface area contributed by atoms with E-state index in [9.17, 15) is 14.4 Å². The van der Waals surface area contributed by atoms with Crippen LogP contribution in [0.1, 0.15) is 30.4 Å². The number of carbonyl (C=O) groups excluding carboxylic acids is 3. The lowest BCUT2D eigenvalue weighted by molar-refractivity contribution is -0.145. The molecule has 0 bridgehead atoms. The van der Waals surface area contributed by atoms with Gasteiger partial charge in [-0.15, -0.1) is 0 Å². The predicted octanol–water partition coefficient (Wildman–Crippen LogP) is 4.27. The van der Waals surface area contributed by atoms with E-state index in [1.54, 1.807) is 24.3 Å². The van der Waals surface area contributed by atoms with Crippen LogP contribution in [-0.4, -0.2) is 30.9 Å². The number of methoxy groups -OCH3 is 1. The zero-order valence-electron chi connectivity index (χ0n) is 19.7. The van der Waals surface area contributed by atoms with Gasteiger partial charge in [0.25, 0.3) is 0 Å². The van der Waals surface area contributed by atoms with E-state index in [2.05, 4.69) is 10.6 Å². The molecule has 0 aromatic heterocycles. The number of hydrogen-bond donors (Lipinski definition) is 2. The molecule has 1 unspecified atom stereocenters. The van der Waals surface area contributed by atoms with Gasteiger partial charge < -0.3 is 20.1 Å². The molecule has 0 spiro atoms. The van der Waals surface area contributed by atoms with Gasteiger partial charge in [-0.3, -0.25) is 9.59 Å². The maximum absolute atomic E-state index is 12.3. The summed E-state index contributed by atoms with van der Waals surface area (Å²) >= 11 is 0. The second-order valence-corrected chi connectivity index (χ2v) is 8.03. The lowest BCUT2D eigenvalue weighted by atomic mass is 10.1. The molecule has 3 aromatic carbocycles. The van der Waals surface area contributed by atoms with Crippen LogP contribution < -0.4 is 15.4 Å². The van der Waals surface area contributed by atoms with Gasteiger partial charge in [0.15, 0.2) is 0 Å². The van der Waals surface area contributed by atoms with E-state index < -0.39 is 12.0 Å². The number of ether oxygens (including phenoxy) is 2. The van der Waals surface area contributed by atoms with Crippen LogP contribution in [0.25, 0.3) is 0 Å². The summed E-state index contributed by atoms with van der Waals surface area (Å²) in [6, 6.07) is 25.6. The lowest BCUT2D eigenvalue weighted by Crippen LogP contribution is -2.43. The molecule has 0 fully saturated rings. The molecule has 35 heavy (non-hydrogen) atoms. The standard InChI is InChI=1S/C28H30N2O5/c1-34-28(33)25(19-21-9-4-2-5-10-21)30-27(32)14-8-13-26(31)29-23-15-17-24(18-16-23)35-20-22-11-6-3-7-12-22/h2-7,9-12,15-18,25H,8,13-14,19-20H2,1H3,(H,29,31)(H,30,32). The van der Waals surface area contributed by atoms with Gasteiger partial charge in [0.1, 0.15) is 18.4 Å². The molecule has 3 aromatic rings. The average Bonchev–Trinajstić information content (AvgIpc) is 2.88. The van der Waals surface area contributed by atoms with Crippen molar-refractivity contribution in [3.8, 4) is 5.75 Å². The van der Waals surface area contributed by atoms with Crippen LogP contribution in [0, 0.1) is 0 Å². The Kier molecular flexibility index (Phi) is 9.87. The molecule has 0 heterocycles. The van der Waals surface area contributed by atoms with Crippen molar-refractivity contribution in [3.63, 3.8) is 0 Å². The van der Waals surface area contributed by atoms with Crippen molar-refractivity contribution in [2.45, 2.75) is 38.3 Å². The minimum absolute atomic E-state index is 0.127. The summed E-state index contributed by atoms with van der Waals surface area (Å²) in [6.45, 7) is 0.469. The molecule has 2 amide bonds. The molecule has 0 saturated heterocycles. The fourth-order valence-electron chi connectivity index (χ4n) is 3.46. The molecule has 0 aliphatic heterocycles. The minimum atomic E-state index is -0.772. The van der Waals surface area contributed by atoms with Crippen LogP contribution in [0.15, 0.2) is 84.9 Å². The Morgan fingerprint density at radius 3 is 2.00 bits per heavy atom. The SMILES string of the molecule is COC(=O)C(Cc1ccccc1)NC(=O)CCCC(=O)Nc1ccc(OCc2ccccc2)cc1. The number of rotatable bonds is 12. The summed E-state index contributed by atoms with van der Waals surface area (Å²) in [7, 11) is 1.29. The average molecular weight is 475 g/mol. The molecule has 0 aliphatic carbocycles. The summed E-state index contributed by atoms with van der Waals surface area (Å²) in [5.41, 5.74) is 2.64. The Labute approximate surface area is 205 Å². The van der Waals surface area contributed by atoms with E-state index in [-0.39, 0.29) is 24.7 Å². The molecule has 0 saturated carbocycles. The number of nitrogens with one attached hydrogen (secondary N) is 2. The first-order chi connectivity index (χ1) is 17.0. The van der Waals surface area contributed by atoms with Gasteiger partial charge in [-0.05, 0) is 41.8 Å². The van der Waals surface area contributed by atoms with Crippen molar-refractivity contribution in [2.75, 3.05) is 12.4 Å². The molecule has 3 rings (SSSR count). The van der Waals surface area contributed by atoms with Crippen LogP contribution in [0.3, 0.4) is 0 Å². The zero-order chi connectivity index (χ0) is 24.9. The highest BCUT2D eigenvalue weighted by atomic mass is 16.5. The Morgan fingerprint density at radius 2 is 1.37 bits per heavy atom. The van der Waals surface area contributed by atoms with Crippen LogP contribution in [-0.2, 0) is 32.1 Å². The molecule has 0 aliphatic rings. The molecular weight excluding hydrogens is 444 g/mol. The van der Waals surface area contributed by atoms with E-state index in [1.165, 1.54) is 7.11 Å². The van der Waals surface area contributed by atoms with E-state index in [4.69, 9.17) is 9.47 Å². The fourth-order valence-corrected chi connectivity index (χ4v) is 3.46. The third kappa shape index (κ3) is 8.97. The van der Waals surface area contributed by atoms with Gasteiger partial charge >= 0.3 is 5.97 Å². The largest absolute Gasteiger partial charge is 0.489 e. The Morgan fingerprint density at radius 1 is 0.771 bits per heavy atom. The van der Waals surface area contributed by atoms with Gasteiger partial charge in [-0.1, -0.05) is 60.7 Å². The second kappa shape index (κ2) is 13.5. The van der Waals surface area contributed by atoms with Crippen molar-refractivity contribution in [2.24, 2.45) is 0 Å². The first kappa shape index (κ1) is 25.5. The van der Waals surface area contributed by atoms with Crippen LogP contribution in [0.2, 0.25) is 0 Å². The highest BCUT2D eigenvalue weighted by molar-refractivity contribution is 5.91. The van der Waals surface area contributed by atoms with Gasteiger partial charge in [0.2, 0.25) is 11.8 Å². The monoisotopic (exact) mass is 474 g/mol. The number of hydrogen-bond acceptors (Lipinski definition) is 5. The Bertz CT molecular complexity index is 1090. The summed E-state index contributed by atoms with van der Waals surface area (Å²) in [4.78, 5) is 36.7. The van der Waals surface area contributed by atoms with E-state index in [1.807, 2.05) is 60.7 Å². The molecule has 1 atom stereocenters. The van der Waals surface area contributed by atoms with Gasteiger partial charge in [0.05, 0.1) is 7.11 Å². The Hall–Kier alpha value is -4.13. The van der Waals surface area contributed by atoms with Crippen molar-refractivity contribution in [1.29, 1.82) is 0 Å². The third-order valence-corrected chi connectivity index (χ3v) is 5.30. The molecule has 2 N–H and O–H groups in total. The number of carbonyl (C=O) groups is 3. The van der Waals surface area contributed by atoms with E-state index >= 15 is 0 Å². The van der Waals surface area contributed by atoms with Gasteiger partial charge in [-0.2, -0.15) is 0 Å². The maximum Gasteiger partial charge on any atom is 0.328 e. The number of benzene rings is 3.